The lowest BCUT2D eigenvalue weighted by atomic mass is 9.96. The molecule has 3 unspecified atom stereocenters. The van der Waals surface area contributed by atoms with Gasteiger partial charge < -0.3 is 9.59 Å². The summed E-state index contributed by atoms with van der Waals surface area (Å²) in [6, 6.07) is 0. The van der Waals surface area contributed by atoms with E-state index in [0.29, 0.717) is 18.3 Å². The van der Waals surface area contributed by atoms with Gasteiger partial charge in [-0.2, -0.15) is 0 Å². The minimum Gasteiger partial charge on any atom is -0.303 e. The van der Waals surface area contributed by atoms with Crippen LogP contribution in [0.3, 0.4) is 0 Å². The Morgan fingerprint density at radius 2 is 1.35 bits per heavy atom. The van der Waals surface area contributed by atoms with E-state index in [0.717, 1.165) is 19.0 Å². The molecule has 0 amide bonds. The molecular weight excluding hydrogens is 248 g/mol. The Morgan fingerprint density at radius 1 is 0.850 bits per heavy atom. The Labute approximate surface area is 125 Å². The van der Waals surface area contributed by atoms with E-state index in [2.05, 4.69) is 39.8 Å². The van der Waals surface area contributed by atoms with Gasteiger partial charge in [-0.05, 0) is 46.0 Å². The number of carbonyl (C=O) groups is 2. The molecule has 116 valence electrons. The number of hydrogen-bond donors (Lipinski definition) is 0. The van der Waals surface area contributed by atoms with E-state index in [-0.39, 0.29) is 5.92 Å². The Kier molecular flexibility index (Phi) is 13.6. The van der Waals surface area contributed by atoms with E-state index >= 15 is 0 Å². The van der Waals surface area contributed by atoms with Gasteiger partial charge >= 0.3 is 0 Å². The Balaban J connectivity index is 0. The zero-order chi connectivity index (χ0) is 16.1. The standard InChI is InChI=1S/2C9H16O/c1-7(2)5-8(3)9(4)6-10;1-8(2)7-9(3)5-4-6-10/h5-6,8-9H,1-4H3;6-7,9H,4-5H2,1-3H3. The summed E-state index contributed by atoms with van der Waals surface area (Å²) in [5.74, 6) is 1.08. The predicted molar refractivity (Wildman–Crippen MR) is 87.7 cm³/mol. The molecule has 0 bridgehead atoms. The van der Waals surface area contributed by atoms with Gasteiger partial charge in [0, 0.05) is 12.3 Å². The Hall–Kier alpha value is -1.18. The third-order valence-electron chi connectivity index (χ3n) is 3.00. The first kappa shape index (κ1) is 21.1. The number of rotatable bonds is 7. The first-order valence-electron chi connectivity index (χ1n) is 7.43. The van der Waals surface area contributed by atoms with Gasteiger partial charge in [-0.3, -0.25) is 0 Å². The summed E-state index contributed by atoms with van der Waals surface area (Å²) < 4.78 is 0. The lowest BCUT2D eigenvalue weighted by Gasteiger charge is -2.08. The monoisotopic (exact) mass is 280 g/mol. The van der Waals surface area contributed by atoms with Crippen molar-refractivity contribution in [2.24, 2.45) is 17.8 Å². The molecule has 2 heteroatoms. The smallest absolute Gasteiger partial charge is 0.123 e. The Morgan fingerprint density at radius 3 is 1.70 bits per heavy atom. The second-order valence-corrected chi connectivity index (χ2v) is 6.06. The second-order valence-electron chi connectivity index (χ2n) is 6.06. The van der Waals surface area contributed by atoms with Crippen molar-refractivity contribution in [3.8, 4) is 0 Å². The van der Waals surface area contributed by atoms with Crippen molar-refractivity contribution in [1.82, 2.24) is 0 Å². The molecule has 0 rings (SSSR count). The van der Waals surface area contributed by atoms with Crippen molar-refractivity contribution >= 4 is 12.6 Å². The van der Waals surface area contributed by atoms with E-state index in [1.54, 1.807) is 0 Å². The highest BCUT2D eigenvalue weighted by Gasteiger charge is 2.06. The first-order valence-corrected chi connectivity index (χ1v) is 7.43. The zero-order valence-electron chi connectivity index (χ0n) is 14.3. The minimum atomic E-state index is 0.148. The Bertz CT molecular complexity index is 318. The average Bonchev–Trinajstić information content (AvgIpc) is 2.34. The molecule has 0 heterocycles. The molecule has 0 spiro atoms. The SMILES string of the molecule is CC(C)=CC(C)C(C)C=O.CC(C)=CC(C)CCC=O. The molecule has 3 atom stereocenters. The van der Waals surface area contributed by atoms with Crippen molar-refractivity contribution in [1.29, 1.82) is 0 Å². The molecule has 0 aromatic rings. The summed E-state index contributed by atoms with van der Waals surface area (Å²) in [4.78, 5) is 20.3. The predicted octanol–water partition coefficient (Wildman–Crippen LogP) is 4.99. The summed E-state index contributed by atoms with van der Waals surface area (Å²) in [7, 11) is 0. The quantitative estimate of drug-likeness (QED) is 0.486. The van der Waals surface area contributed by atoms with E-state index in [4.69, 9.17) is 0 Å². The van der Waals surface area contributed by atoms with Crippen LogP contribution >= 0.6 is 0 Å². The maximum Gasteiger partial charge on any atom is 0.123 e. The van der Waals surface area contributed by atoms with Crippen LogP contribution in [-0.4, -0.2) is 12.6 Å². The molecule has 2 nitrogen and oxygen atoms in total. The molecule has 0 fully saturated rings. The van der Waals surface area contributed by atoms with Crippen LogP contribution in [0.1, 0.15) is 61.3 Å². The molecule has 0 aliphatic rings. The number of aldehydes is 2. The van der Waals surface area contributed by atoms with E-state index in [1.165, 1.54) is 11.1 Å². The van der Waals surface area contributed by atoms with Crippen LogP contribution in [0.4, 0.5) is 0 Å². The van der Waals surface area contributed by atoms with Crippen molar-refractivity contribution in [3.63, 3.8) is 0 Å². The van der Waals surface area contributed by atoms with Crippen molar-refractivity contribution < 1.29 is 9.59 Å². The molecule has 0 aliphatic heterocycles. The number of carbonyl (C=O) groups excluding carboxylic acids is 2. The van der Waals surface area contributed by atoms with Gasteiger partial charge in [0.25, 0.3) is 0 Å². The fourth-order valence-corrected chi connectivity index (χ4v) is 1.78. The van der Waals surface area contributed by atoms with Crippen molar-refractivity contribution in [3.05, 3.63) is 23.3 Å². The van der Waals surface area contributed by atoms with Crippen LogP contribution < -0.4 is 0 Å². The van der Waals surface area contributed by atoms with E-state index in [9.17, 15) is 9.59 Å². The molecule has 0 aromatic heterocycles. The number of hydrogen-bond acceptors (Lipinski definition) is 2. The third-order valence-corrected chi connectivity index (χ3v) is 3.00. The van der Waals surface area contributed by atoms with Gasteiger partial charge in [-0.25, -0.2) is 0 Å². The van der Waals surface area contributed by atoms with Crippen molar-refractivity contribution in [2.75, 3.05) is 0 Å². The van der Waals surface area contributed by atoms with E-state index < -0.39 is 0 Å². The lowest BCUT2D eigenvalue weighted by Crippen LogP contribution is -2.06. The molecule has 0 saturated heterocycles. The largest absolute Gasteiger partial charge is 0.303 e. The maximum absolute atomic E-state index is 10.3. The normalized spacial score (nSPS) is 13.9. The highest BCUT2D eigenvalue weighted by molar-refractivity contribution is 5.53. The summed E-state index contributed by atoms with van der Waals surface area (Å²) in [5, 5.41) is 0. The highest BCUT2D eigenvalue weighted by Crippen LogP contribution is 2.11. The topological polar surface area (TPSA) is 34.1 Å². The van der Waals surface area contributed by atoms with Crippen LogP contribution in [0.2, 0.25) is 0 Å². The van der Waals surface area contributed by atoms with E-state index in [1.807, 2.05) is 20.8 Å². The van der Waals surface area contributed by atoms with Gasteiger partial charge in [0.15, 0.2) is 0 Å². The van der Waals surface area contributed by atoms with Gasteiger partial charge in [0.2, 0.25) is 0 Å². The van der Waals surface area contributed by atoms with Crippen molar-refractivity contribution in [2.45, 2.75) is 61.3 Å². The maximum atomic E-state index is 10.3. The molecule has 0 aliphatic carbocycles. The zero-order valence-corrected chi connectivity index (χ0v) is 14.3. The fourth-order valence-electron chi connectivity index (χ4n) is 1.78. The highest BCUT2D eigenvalue weighted by atomic mass is 16.1. The number of allylic oxidation sites excluding steroid dienone is 4. The molecule has 0 saturated carbocycles. The van der Waals surface area contributed by atoms with Crippen LogP contribution in [0.15, 0.2) is 23.3 Å². The third kappa shape index (κ3) is 14.9. The molecular formula is C18H32O2. The van der Waals surface area contributed by atoms with Gasteiger partial charge in [-0.1, -0.05) is 44.1 Å². The first-order chi connectivity index (χ1) is 9.24. The second kappa shape index (κ2) is 12.8. The minimum absolute atomic E-state index is 0.148. The summed E-state index contributed by atoms with van der Waals surface area (Å²) >= 11 is 0. The van der Waals surface area contributed by atoms with Gasteiger partial charge in [0.05, 0.1) is 0 Å². The molecule has 0 aromatic carbocycles. The van der Waals surface area contributed by atoms with Crippen LogP contribution in [0.25, 0.3) is 0 Å². The summed E-state index contributed by atoms with van der Waals surface area (Å²) in [6.45, 7) is 14.4. The van der Waals surface area contributed by atoms with Gasteiger partial charge in [-0.15, -0.1) is 0 Å². The van der Waals surface area contributed by atoms with Crippen LogP contribution in [0, 0.1) is 17.8 Å². The summed E-state index contributed by atoms with van der Waals surface area (Å²) in [5.41, 5.74) is 2.61. The molecule has 0 N–H and O–H groups in total. The molecule has 20 heavy (non-hydrogen) atoms. The lowest BCUT2D eigenvalue weighted by molar-refractivity contribution is -0.111. The summed E-state index contributed by atoms with van der Waals surface area (Å²) in [6.07, 6.45) is 7.97. The van der Waals surface area contributed by atoms with Crippen LogP contribution in [0.5, 0.6) is 0 Å². The van der Waals surface area contributed by atoms with Gasteiger partial charge in [0.1, 0.15) is 12.6 Å². The fraction of sp³-hybridized carbons (Fsp3) is 0.667. The van der Waals surface area contributed by atoms with Crippen LogP contribution in [-0.2, 0) is 9.59 Å². The average molecular weight is 280 g/mol. The molecule has 0 radical (unpaired) electrons.